The Labute approximate surface area is 119 Å². The smallest absolute Gasteiger partial charge is 0.326 e. The van der Waals surface area contributed by atoms with Crippen LogP contribution in [-0.2, 0) is 4.65 Å². The summed E-state index contributed by atoms with van der Waals surface area (Å²) in [5, 5.41) is 0.00111. The molecule has 1 aromatic carbocycles. The first kappa shape index (κ1) is 13.8. The van der Waals surface area contributed by atoms with Gasteiger partial charge in [-0.1, -0.05) is 0 Å². The second-order valence-electron chi connectivity index (χ2n) is 5.20. The van der Waals surface area contributed by atoms with Crippen molar-refractivity contribution in [2.45, 2.75) is 25.8 Å². The van der Waals surface area contributed by atoms with Crippen LogP contribution in [0.15, 0.2) is 17.1 Å². The van der Waals surface area contributed by atoms with Gasteiger partial charge in [-0.25, -0.2) is 13.6 Å². The maximum atomic E-state index is 13.8. The van der Waals surface area contributed by atoms with E-state index < -0.39 is 23.0 Å². The number of halogens is 2. The minimum atomic E-state index is -1.10. The molecule has 1 aliphatic carbocycles. The van der Waals surface area contributed by atoms with Gasteiger partial charge < -0.3 is 9.22 Å². The Morgan fingerprint density at radius 1 is 1.43 bits per heavy atom. The summed E-state index contributed by atoms with van der Waals surface area (Å²) in [7, 11) is 1.17. The molecule has 0 radical (unpaired) electrons. The lowest BCUT2D eigenvalue weighted by atomic mass is 10.1. The van der Waals surface area contributed by atoms with E-state index in [4.69, 9.17) is 0 Å². The molecular formula is C14H12BF2NO3. The van der Waals surface area contributed by atoms with E-state index in [0.29, 0.717) is 5.52 Å². The van der Waals surface area contributed by atoms with Gasteiger partial charge in [0.25, 0.3) is 0 Å². The second kappa shape index (κ2) is 4.68. The Balaban J connectivity index is 2.47. The molecule has 1 aromatic heterocycles. The summed E-state index contributed by atoms with van der Waals surface area (Å²) in [6.45, 7) is 1.43. The molecule has 0 aliphatic heterocycles. The summed E-state index contributed by atoms with van der Waals surface area (Å²) in [5.74, 6) is -2.85. The number of rotatable bonds is 2. The van der Waals surface area contributed by atoms with Crippen molar-refractivity contribution >= 4 is 24.9 Å². The number of pyridine rings is 1. The highest BCUT2D eigenvalue weighted by Crippen LogP contribution is 2.38. The first-order chi connectivity index (χ1) is 9.95. The van der Waals surface area contributed by atoms with E-state index in [2.05, 4.69) is 4.65 Å². The summed E-state index contributed by atoms with van der Waals surface area (Å²) in [6.07, 6.45) is 3.13. The van der Waals surface area contributed by atoms with Crippen molar-refractivity contribution in [2.24, 2.45) is 0 Å². The third kappa shape index (κ3) is 2.04. The molecule has 1 saturated carbocycles. The SMILES string of the molecule is BOC(=O)c1cn(C2CC2)c2c(C)c(F)c(F)cc2c1=O. The standard InChI is InChI=1S/C14H12BF2NO3/c1-6-11(17)10(16)4-8-12(6)18(7-2-3-7)5-9(13(8)19)14(20)21-15/h4-5,7H,2-3,15H2,1H3. The highest BCUT2D eigenvalue weighted by molar-refractivity contribution is 6.10. The van der Waals surface area contributed by atoms with Gasteiger partial charge in [0.2, 0.25) is 5.43 Å². The van der Waals surface area contributed by atoms with Gasteiger partial charge >= 0.3 is 14.0 Å². The van der Waals surface area contributed by atoms with Crippen molar-refractivity contribution < 1.29 is 18.2 Å². The molecule has 4 nitrogen and oxygen atoms in total. The molecule has 0 spiro atoms. The number of benzene rings is 1. The van der Waals surface area contributed by atoms with Gasteiger partial charge in [-0.05, 0) is 25.8 Å². The summed E-state index contributed by atoms with van der Waals surface area (Å²) in [4.78, 5) is 24.0. The largest absolute Gasteiger partial charge is 0.540 e. The highest BCUT2D eigenvalue weighted by Gasteiger charge is 2.28. The number of hydrogen-bond donors (Lipinski definition) is 0. The number of hydrogen-bond acceptors (Lipinski definition) is 3. The third-order valence-electron chi connectivity index (χ3n) is 3.78. The number of carbonyl (C=O) groups is 1. The zero-order valence-electron chi connectivity index (χ0n) is 11.6. The van der Waals surface area contributed by atoms with E-state index in [9.17, 15) is 18.4 Å². The molecule has 7 heteroatoms. The quantitative estimate of drug-likeness (QED) is 0.790. The molecule has 1 heterocycles. The molecule has 0 atom stereocenters. The van der Waals surface area contributed by atoms with Crippen molar-refractivity contribution in [3.63, 3.8) is 0 Å². The summed E-state index contributed by atoms with van der Waals surface area (Å²) in [5.41, 5.74) is -0.391. The van der Waals surface area contributed by atoms with Gasteiger partial charge in [0.15, 0.2) is 11.6 Å². The van der Waals surface area contributed by atoms with Crippen molar-refractivity contribution in [1.29, 1.82) is 0 Å². The zero-order chi connectivity index (χ0) is 15.3. The van der Waals surface area contributed by atoms with E-state index in [1.807, 2.05) is 0 Å². The lowest BCUT2D eigenvalue weighted by molar-refractivity contribution is 0.0747. The van der Waals surface area contributed by atoms with Crippen LogP contribution < -0.4 is 5.43 Å². The molecule has 108 valence electrons. The van der Waals surface area contributed by atoms with Gasteiger partial charge in [-0.2, -0.15) is 0 Å². The number of aryl methyl sites for hydroxylation is 1. The van der Waals surface area contributed by atoms with Gasteiger partial charge in [-0.3, -0.25) is 4.79 Å². The minimum absolute atomic E-state index is 0.00111. The average molecular weight is 291 g/mol. The molecule has 0 bridgehead atoms. The Morgan fingerprint density at radius 3 is 2.67 bits per heavy atom. The summed E-state index contributed by atoms with van der Waals surface area (Å²) < 4.78 is 33.7. The Bertz CT molecular complexity index is 827. The highest BCUT2D eigenvalue weighted by atomic mass is 19.2. The number of aromatic nitrogens is 1. The average Bonchev–Trinajstić information content (AvgIpc) is 3.29. The fourth-order valence-corrected chi connectivity index (χ4v) is 2.55. The fourth-order valence-electron chi connectivity index (χ4n) is 2.55. The molecule has 0 amide bonds. The van der Waals surface area contributed by atoms with E-state index in [-0.39, 0.29) is 22.6 Å². The molecule has 1 aliphatic rings. The van der Waals surface area contributed by atoms with Gasteiger partial charge in [0.1, 0.15) is 5.56 Å². The van der Waals surface area contributed by atoms with Crippen LogP contribution in [0, 0.1) is 18.6 Å². The first-order valence-corrected chi connectivity index (χ1v) is 6.57. The molecule has 1 fully saturated rings. The van der Waals surface area contributed by atoms with Gasteiger partial charge in [0, 0.05) is 23.2 Å². The topological polar surface area (TPSA) is 48.3 Å². The van der Waals surface area contributed by atoms with Crippen LogP contribution in [0.2, 0.25) is 0 Å². The first-order valence-electron chi connectivity index (χ1n) is 6.57. The van der Waals surface area contributed by atoms with Crippen molar-refractivity contribution in [2.75, 3.05) is 0 Å². The molecule has 0 saturated heterocycles. The van der Waals surface area contributed by atoms with E-state index in [1.165, 1.54) is 21.2 Å². The van der Waals surface area contributed by atoms with Crippen LogP contribution in [0.5, 0.6) is 0 Å². The van der Waals surface area contributed by atoms with Crippen LogP contribution in [0.4, 0.5) is 8.78 Å². The van der Waals surface area contributed by atoms with E-state index >= 15 is 0 Å². The zero-order valence-corrected chi connectivity index (χ0v) is 11.6. The molecular weight excluding hydrogens is 279 g/mol. The Morgan fingerprint density at radius 2 is 2.10 bits per heavy atom. The normalized spacial score (nSPS) is 14.4. The fraction of sp³-hybridized carbons (Fsp3) is 0.286. The number of fused-ring (bicyclic) bond motifs is 1. The van der Waals surface area contributed by atoms with Crippen molar-refractivity contribution in [1.82, 2.24) is 4.57 Å². The van der Waals surface area contributed by atoms with Gasteiger partial charge in [0.05, 0.1) is 5.52 Å². The summed E-state index contributed by atoms with van der Waals surface area (Å²) in [6, 6.07) is 0.950. The van der Waals surface area contributed by atoms with Crippen LogP contribution in [0.3, 0.4) is 0 Å². The molecule has 21 heavy (non-hydrogen) atoms. The van der Waals surface area contributed by atoms with Crippen LogP contribution >= 0.6 is 0 Å². The monoisotopic (exact) mass is 291 g/mol. The van der Waals surface area contributed by atoms with Crippen molar-refractivity contribution in [3.05, 3.63) is 45.2 Å². The van der Waals surface area contributed by atoms with Crippen molar-refractivity contribution in [3.8, 4) is 0 Å². The van der Waals surface area contributed by atoms with Crippen LogP contribution in [0.25, 0.3) is 10.9 Å². The van der Waals surface area contributed by atoms with Gasteiger partial charge in [-0.15, -0.1) is 0 Å². The minimum Gasteiger partial charge on any atom is -0.540 e. The molecule has 0 N–H and O–H groups in total. The van der Waals surface area contributed by atoms with Crippen LogP contribution in [-0.4, -0.2) is 18.6 Å². The predicted molar refractivity (Wildman–Crippen MR) is 75.1 cm³/mol. The maximum Gasteiger partial charge on any atom is 0.326 e. The molecule has 0 unspecified atom stereocenters. The summed E-state index contributed by atoms with van der Waals surface area (Å²) >= 11 is 0. The predicted octanol–water partition coefficient (Wildman–Crippen LogP) is 1.63. The lowest BCUT2D eigenvalue weighted by Crippen LogP contribution is -2.21. The molecule has 2 aromatic rings. The Hall–Kier alpha value is -2.18. The Kier molecular flexibility index (Phi) is 3.08. The maximum absolute atomic E-state index is 13.8. The number of carbonyl (C=O) groups excluding carboxylic acids is 1. The number of nitrogens with zero attached hydrogens (tertiary/aromatic N) is 1. The second-order valence-corrected chi connectivity index (χ2v) is 5.20. The third-order valence-corrected chi connectivity index (χ3v) is 3.78. The van der Waals surface area contributed by atoms with E-state index in [1.54, 1.807) is 4.57 Å². The molecule has 3 rings (SSSR count). The van der Waals surface area contributed by atoms with Crippen LogP contribution in [0.1, 0.15) is 34.8 Å². The lowest BCUT2D eigenvalue weighted by Gasteiger charge is -2.15. The van der Waals surface area contributed by atoms with E-state index in [0.717, 1.165) is 18.9 Å².